The van der Waals surface area contributed by atoms with Crippen LogP contribution in [-0.2, 0) is 59.0 Å². The molecule has 3 aromatic rings. The first-order valence-corrected chi connectivity index (χ1v) is 20.5. The fourth-order valence-corrected chi connectivity index (χ4v) is 7.45. The molecular formula is C23H23N6NaO17S5. The Balaban J connectivity index is 0.00000936. The second kappa shape index (κ2) is 17.1. The van der Waals surface area contributed by atoms with Crippen LogP contribution in [0.5, 0.6) is 0 Å². The fourth-order valence-electron chi connectivity index (χ4n) is 3.72. The number of carbonyl (C=O) groups excluding carboxylic acids is 1. The van der Waals surface area contributed by atoms with Crippen molar-refractivity contribution in [2.24, 2.45) is 20.5 Å². The third-order valence-corrected chi connectivity index (χ3v) is 11.2. The van der Waals surface area contributed by atoms with Gasteiger partial charge in [0.1, 0.15) is 22.0 Å². The number of hydrogen-bond acceptors (Lipinski definition) is 20. The monoisotopic (exact) mass is 838 g/mol. The van der Waals surface area contributed by atoms with Crippen LogP contribution in [0.25, 0.3) is 0 Å². The van der Waals surface area contributed by atoms with Gasteiger partial charge in [0, 0.05) is 5.56 Å². The minimum absolute atomic E-state index is 0. The Morgan fingerprint density at radius 1 is 0.673 bits per heavy atom. The number of benzene rings is 3. The summed E-state index contributed by atoms with van der Waals surface area (Å²) in [5, 5.41) is 26.7. The Morgan fingerprint density at radius 2 is 1.15 bits per heavy atom. The first kappa shape index (κ1) is 44.6. The SMILES string of the molecule is Nc1cc(C(=O)[O-])c(N=Nc2ccc(S(=O)(=O)CCOS(=O)(=O)O)cc2S(=O)(=O)O)c(N)c1N=Nc1ccc(S(=O)(=O)CCOS(=O)(=O)O)cc1.[Na+]. The summed E-state index contributed by atoms with van der Waals surface area (Å²) in [6.07, 6.45) is 0. The van der Waals surface area contributed by atoms with E-state index in [1.165, 1.54) is 0 Å². The second-order valence-electron chi connectivity index (χ2n) is 9.55. The maximum atomic E-state index is 12.6. The summed E-state index contributed by atoms with van der Waals surface area (Å²) in [5.41, 5.74) is 8.27. The van der Waals surface area contributed by atoms with Gasteiger partial charge in [0.25, 0.3) is 10.1 Å². The molecule has 278 valence electrons. The molecule has 0 radical (unpaired) electrons. The van der Waals surface area contributed by atoms with E-state index in [4.69, 9.17) is 20.6 Å². The second-order valence-corrected chi connectivity index (χ2v) is 17.3. The molecule has 23 nitrogen and oxygen atoms in total. The van der Waals surface area contributed by atoms with Gasteiger partial charge in [0.15, 0.2) is 19.7 Å². The molecule has 0 aromatic heterocycles. The molecule has 0 spiro atoms. The van der Waals surface area contributed by atoms with Crippen LogP contribution in [0.3, 0.4) is 0 Å². The molecule has 0 heterocycles. The van der Waals surface area contributed by atoms with Crippen LogP contribution in [-0.4, -0.2) is 86.4 Å². The molecule has 7 N–H and O–H groups in total. The van der Waals surface area contributed by atoms with Gasteiger partial charge < -0.3 is 21.4 Å². The average molecular weight is 839 g/mol. The number of rotatable bonds is 16. The number of nitrogen functional groups attached to an aromatic ring is 2. The Morgan fingerprint density at radius 3 is 1.63 bits per heavy atom. The number of carbonyl (C=O) groups is 1. The average Bonchev–Trinajstić information content (AvgIpc) is 2.98. The topological polar surface area (TPSA) is 391 Å². The molecule has 0 saturated carbocycles. The van der Waals surface area contributed by atoms with E-state index in [1.807, 2.05) is 0 Å². The van der Waals surface area contributed by atoms with Crippen LogP contribution in [0.2, 0.25) is 0 Å². The summed E-state index contributed by atoms with van der Waals surface area (Å²) >= 11 is 0. The number of anilines is 2. The van der Waals surface area contributed by atoms with Crippen LogP contribution in [0.4, 0.5) is 34.1 Å². The van der Waals surface area contributed by atoms with E-state index in [0.717, 1.165) is 42.5 Å². The first-order chi connectivity index (χ1) is 23.3. The van der Waals surface area contributed by atoms with Gasteiger partial charge in [-0.15, -0.1) is 15.3 Å². The molecular weight excluding hydrogens is 816 g/mol. The van der Waals surface area contributed by atoms with Crippen molar-refractivity contribution >= 4 is 90.7 Å². The molecule has 3 aromatic carbocycles. The van der Waals surface area contributed by atoms with E-state index in [0.29, 0.717) is 6.07 Å². The molecule has 52 heavy (non-hydrogen) atoms. The van der Waals surface area contributed by atoms with Gasteiger partial charge in [-0.3, -0.25) is 13.7 Å². The van der Waals surface area contributed by atoms with Crippen molar-refractivity contribution in [2.75, 3.05) is 36.2 Å². The zero-order valence-electron chi connectivity index (χ0n) is 26.0. The van der Waals surface area contributed by atoms with Gasteiger partial charge in [0.05, 0.1) is 57.5 Å². The van der Waals surface area contributed by atoms with Gasteiger partial charge in [-0.05, 0) is 48.5 Å². The Kier molecular flexibility index (Phi) is 14.7. The Hall–Kier alpha value is -3.52. The predicted octanol–water partition coefficient (Wildman–Crippen LogP) is -2.52. The summed E-state index contributed by atoms with van der Waals surface area (Å²) in [6, 6.07) is 7.19. The number of nitrogens with two attached hydrogens (primary N) is 2. The Bertz CT molecular complexity index is 2480. The van der Waals surface area contributed by atoms with E-state index < -0.39 is 125 Å². The van der Waals surface area contributed by atoms with Crippen molar-refractivity contribution in [1.82, 2.24) is 0 Å². The van der Waals surface area contributed by atoms with Crippen molar-refractivity contribution in [3.05, 3.63) is 54.1 Å². The number of aromatic carboxylic acids is 1. The maximum absolute atomic E-state index is 12.6. The van der Waals surface area contributed by atoms with Crippen molar-refractivity contribution in [3.8, 4) is 0 Å². The minimum Gasteiger partial charge on any atom is -0.545 e. The molecule has 29 heteroatoms. The van der Waals surface area contributed by atoms with E-state index in [1.54, 1.807) is 0 Å². The number of carboxylic acids is 1. The van der Waals surface area contributed by atoms with E-state index in [2.05, 4.69) is 28.8 Å². The normalized spacial score (nSPS) is 13.0. The zero-order valence-corrected chi connectivity index (χ0v) is 32.1. The van der Waals surface area contributed by atoms with Crippen molar-refractivity contribution in [2.45, 2.75) is 14.7 Å². The number of carboxylic acid groups (broad SMARTS) is 1. The number of nitrogens with zero attached hydrogens (tertiary/aromatic N) is 4. The van der Waals surface area contributed by atoms with Crippen LogP contribution >= 0.6 is 0 Å². The molecule has 0 amide bonds. The largest absolute Gasteiger partial charge is 1.00 e. The summed E-state index contributed by atoms with van der Waals surface area (Å²) in [7, 11) is -23.7. The van der Waals surface area contributed by atoms with Crippen molar-refractivity contribution in [3.63, 3.8) is 0 Å². The molecule has 0 unspecified atom stereocenters. The predicted molar refractivity (Wildman–Crippen MR) is 170 cm³/mol. The van der Waals surface area contributed by atoms with Gasteiger partial charge >= 0.3 is 50.4 Å². The molecule has 0 aliphatic heterocycles. The van der Waals surface area contributed by atoms with Crippen LogP contribution in [0.15, 0.2) is 83.7 Å². The Labute approximate surface area is 317 Å². The number of azo groups is 2. The first-order valence-electron chi connectivity index (χ1n) is 13.0. The zero-order chi connectivity index (χ0) is 38.6. The summed E-state index contributed by atoms with van der Waals surface area (Å²) in [5.74, 6) is -3.77. The van der Waals surface area contributed by atoms with Crippen LogP contribution in [0.1, 0.15) is 10.4 Å². The van der Waals surface area contributed by atoms with E-state index in [-0.39, 0.29) is 40.1 Å². The molecule has 0 aliphatic rings. The molecule has 0 atom stereocenters. The maximum Gasteiger partial charge on any atom is 1.00 e. The van der Waals surface area contributed by atoms with Gasteiger partial charge in [-0.1, -0.05) is 0 Å². The third-order valence-electron chi connectivity index (χ3n) is 6.01. The number of sulfone groups is 2. The van der Waals surface area contributed by atoms with Crippen molar-refractivity contribution < 1.29 is 104 Å². The summed E-state index contributed by atoms with van der Waals surface area (Å²) < 4.78 is 151. The molecule has 0 aliphatic carbocycles. The number of hydrogen-bond donors (Lipinski definition) is 5. The van der Waals surface area contributed by atoms with Crippen LogP contribution < -0.4 is 46.1 Å². The third kappa shape index (κ3) is 12.6. The van der Waals surface area contributed by atoms with E-state index >= 15 is 0 Å². The van der Waals surface area contributed by atoms with Gasteiger partial charge in [0.2, 0.25) is 0 Å². The quantitative estimate of drug-likeness (QED) is 0.0430. The molecule has 0 bridgehead atoms. The summed E-state index contributed by atoms with van der Waals surface area (Å²) in [6.45, 7) is -1.93. The van der Waals surface area contributed by atoms with Gasteiger partial charge in [-0.25, -0.2) is 25.2 Å². The molecule has 3 rings (SSSR count). The smallest absolute Gasteiger partial charge is 0.545 e. The minimum atomic E-state index is -5.26. The standard InChI is InChI=1S/C23H24N6O17S5.Na/c24-17-12-16(23(30)31)21(20(25)22(17)29-26-13-1-3-14(4-2-13)47(32,33)9-7-45-50(39,40)41)28-27-18-6-5-15(11-19(18)49(36,37)38)48(34,35)10-8-46-51(42,43)44;/h1-6,11-12H,7-10,24-25H2,(H,30,31)(H,36,37,38)(H,39,40,41)(H,42,43,44);/q;+1/p-1. The molecule has 0 fully saturated rings. The molecule has 0 saturated heterocycles. The van der Waals surface area contributed by atoms with Gasteiger partial charge in [-0.2, -0.15) is 30.4 Å². The fraction of sp³-hybridized carbons (Fsp3) is 0.174. The van der Waals surface area contributed by atoms with Crippen molar-refractivity contribution in [1.29, 1.82) is 0 Å². The summed E-state index contributed by atoms with van der Waals surface area (Å²) in [4.78, 5) is 9.63. The van der Waals surface area contributed by atoms with E-state index in [9.17, 15) is 56.5 Å². The van der Waals surface area contributed by atoms with Crippen LogP contribution in [0, 0.1) is 0 Å².